The van der Waals surface area contributed by atoms with Gasteiger partial charge in [-0.25, -0.2) is 0 Å². The number of rotatable bonds is 3. The molecule has 3 aromatic heterocycles. The Morgan fingerprint density at radius 1 is 0.310 bits per heavy atom. The summed E-state index contributed by atoms with van der Waals surface area (Å²) in [5.74, 6) is 0. The minimum absolute atomic E-state index is 0.0552. The van der Waals surface area contributed by atoms with Gasteiger partial charge in [-0.05, 0) is 143 Å². The molecule has 0 radical (unpaired) electrons. The predicted octanol–water partition coefficient (Wildman–Crippen LogP) is 15.8. The van der Waals surface area contributed by atoms with E-state index in [0.29, 0.717) is 6.04 Å². The Morgan fingerprint density at radius 2 is 0.552 bits per heavy atom. The van der Waals surface area contributed by atoms with Gasteiger partial charge in [0.2, 0.25) is 0 Å². The van der Waals surface area contributed by atoms with E-state index in [4.69, 9.17) is 0 Å². The molecule has 0 aliphatic heterocycles. The van der Waals surface area contributed by atoms with Gasteiger partial charge < -0.3 is 13.7 Å². The van der Waals surface area contributed by atoms with E-state index in [1.165, 1.54) is 99.0 Å². The molecule has 9 aromatic rings. The monoisotopic (exact) mass is 763 g/mol. The summed E-state index contributed by atoms with van der Waals surface area (Å²) in [6.45, 7) is 32.4. The SMILES string of the molecule is CC(C)n1c2ccc(-n3c4ccc(C(C)(C)C)cc4c4cc(C(C)(C)C)ccc43)cc2c2cc(-n3c4ccc(C(C)(C)C)cc4c4cc(C(C)(C)C)ccc43)ccc21. The molecule has 0 spiro atoms. The van der Waals surface area contributed by atoms with Crippen molar-refractivity contribution in [1.82, 2.24) is 13.7 Å². The highest BCUT2D eigenvalue weighted by molar-refractivity contribution is 6.14. The van der Waals surface area contributed by atoms with Crippen molar-refractivity contribution in [2.24, 2.45) is 0 Å². The lowest BCUT2D eigenvalue weighted by Gasteiger charge is -2.19. The third-order valence-corrected chi connectivity index (χ3v) is 12.8. The zero-order valence-electron chi connectivity index (χ0n) is 37.3. The van der Waals surface area contributed by atoms with Gasteiger partial charge in [-0.2, -0.15) is 0 Å². The van der Waals surface area contributed by atoms with E-state index in [9.17, 15) is 0 Å². The second kappa shape index (κ2) is 12.6. The summed E-state index contributed by atoms with van der Waals surface area (Å²) in [4.78, 5) is 0. The first-order chi connectivity index (χ1) is 27.1. The topological polar surface area (TPSA) is 14.8 Å². The molecule has 0 N–H and O–H groups in total. The molecule has 296 valence electrons. The third kappa shape index (κ3) is 5.99. The molecule has 0 aliphatic carbocycles. The third-order valence-electron chi connectivity index (χ3n) is 12.8. The van der Waals surface area contributed by atoms with Crippen molar-refractivity contribution in [3.05, 3.63) is 131 Å². The maximum Gasteiger partial charge on any atom is 0.0541 e. The summed E-state index contributed by atoms with van der Waals surface area (Å²) in [5.41, 5.74) is 15.6. The van der Waals surface area contributed by atoms with E-state index in [1.54, 1.807) is 0 Å². The normalized spacial score (nSPS) is 13.5. The van der Waals surface area contributed by atoms with E-state index >= 15 is 0 Å². The van der Waals surface area contributed by atoms with Crippen molar-refractivity contribution in [2.75, 3.05) is 0 Å². The first-order valence-corrected chi connectivity index (χ1v) is 21.4. The van der Waals surface area contributed by atoms with E-state index in [0.717, 1.165) is 0 Å². The molecule has 0 atom stereocenters. The van der Waals surface area contributed by atoms with Crippen LogP contribution in [0, 0.1) is 0 Å². The van der Waals surface area contributed by atoms with Crippen LogP contribution in [0.3, 0.4) is 0 Å². The highest BCUT2D eigenvalue weighted by Gasteiger charge is 2.24. The van der Waals surface area contributed by atoms with Crippen LogP contribution < -0.4 is 0 Å². The van der Waals surface area contributed by atoms with Crippen molar-refractivity contribution in [3.8, 4) is 11.4 Å². The van der Waals surface area contributed by atoms with E-state index < -0.39 is 0 Å². The first kappa shape index (κ1) is 38.2. The number of aromatic nitrogens is 3. The molecule has 0 saturated heterocycles. The van der Waals surface area contributed by atoms with Crippen molar-refractivity contribution in [2.45, 2.75) is 125 Å². The Morgan fingerprint density at radius 3 is 0.793 bits per heavy atom. The van der Waals surface area contributed by atoms with Gasteiger partial charge in [0.1, 0.15) is 0 Å². The number of hydrogen-bond donors (Lipinski definition) is 0. The fraction of sp³-hybridized carbons (Fsp3) is 0.345. The van der Waals surface area contributed by atoms with Gasteiger partial charge in [0.05, 0.1) is 22.1 Å². The number of fused-ring (bicyclic) bond motifs is 9. The molecule has 0 amide bonds. The first-order valence-electron chi connectivity index (χ1n) is 21.4. The quantitative estimate of drug-likeness (QED) is 0.170. The highest BCUT2D eigenvalue weighted by Crippen LogP contribution is 2.42. The Balaban J connectivity index is 1.32. The minimum atomic E-state index is 0.0552. The van der Waals surface area contributed by atoms with Crippen LogP contribution in [0.4, 0.5) is 0 Å². The molecular formula is C55H61N3. The molecule has 3 nitrogen and oxygen atoms in total. The Kier molecular flexibility index (Phi) is 8.32. The zero-order valence-corrected chi connectivity index (χ0v) is 37.3. The predicted molar refractivity (Wildman–Crippen MR) is 253 cm³/mol. The number of benzene rings is 6. The summed E-state index contributed by atoms with van der Waals surface area (Å²) < 4.78 is 7.52. The molecule has 0 aliphatic rings. The van der Waals surface area contributed by atoms with Gasteiger partial charge >= 0.3 is 0 Å². The fourth-order valence-corrected chi connectivity index (χ4v) is 9.33. The van der Waals surface area contributed by atoms with Gasteiger partial charge in [0.15, 0.2) is 0 Å². The molecule has 6 aromatic carbocycles. The lowest BCUT2D eigenvalue weighted by molar-refractivity contribution is 0.590. The highest BCUT2D eigenvalue weighted by atomic mass is 15.0. The van der Waals surface area contributed by atoms with Crippen LogP contribution in [0.1, 0.15) is 125 Å². The minimum Gasteiger partial charge on any atom is -0.338 e. The average molecular weight is 764 g/mol. The van der Waals surface area contributed by atoms with Crippen LogP contribution in [0.25, 0.3) is 76.8 Å². The largest absolute Gasteiger partial charge is 0.338 e. The maximum absolute atomic E-state index is 2.52. The zero-order chi connectivity index (χ0) is 41.4. The Labute approximate surface area is 345 Å². The second-order valence-corrected chi connectivity index (χ2v) is 21.5. The van der Waals surface area contributed by atoms with Crippen LogP contribution in [0.15, 0.2) is 109 Å². The smallest absolute Gasteiger partial charge is 0.0541 e. The van der Waals surface area contributed by atoms with Gasteiger partial charge in [-0.1, -0.05) is 107 Å². The van der Waals surface area contributed by atoms with Gasteiger partial charge in [0, 0.05) is 60.8 Å². The molecule has 3 heterocycles. The van der Waals surface area contributed by atoms with Crippen LogP contribution in [0.2, 0.25) is 0 Å². The van der Waals surface area contributed by atoms with Gasteiger partial charge in [-0.3, -0.25) is 0 Å². The van der Waals surface area contributed by atoms with E-state index in [1.807, 2.05) is 0 Å². The van der Waals surface area contributed by atoms with Crippen molar-refractivity contribution in [3.63, 3.8) is 0 Å². The molecule has 0 fully saturated rings. The Bertz CT molecular complexity index is 2760. The summed E-state index contributed by atoms with van der Waals surface area (Å²) in [7, 11) is 0. The molecule has 0 bridgehead atoms. The second-order valence-electron chi connectivity index (χ2n) is 21.5. The van der Waals surface area contributed by atoms with Crippen LogP contribution in [-0.2, 0) is 21.7 Å². The average Bonchev–Trinajstić information content (AvgIpc) is 3.77. The van der Waals surface area contributed by atoms with Crippen molar-refractivity contribution in [1.29, 1.82) is 0 Å². The number of nitrogens with zero attached hydrogens (tertiary/aromatic N) is 3. The van der Waals surface area contributed by atoms with E-state index in [-0.39, 0.29) is 21.7 Å². The summed E-state index contributed by atoms with van der Waals surface area (Å²) in [5, 5.41) is 7.82. The summed E-state index contributed by atoms with van der Waals surface area (Å²) >= 11 is 0. The summed E-state index contributed by atoms with van der Waals surface area (Å²) in [6.07, 6.45) is 0. The molecular weight excluding hydrogens is 703 g/mol. The molecule has 9 rings (SSSR count). The Hall–Kier alpha value is -5.28. The van der Waals surface area contributed by atoms with Crippen LogP contribution in [0.5, 0.6) is 0 Å². The van der Waals surface area contributed by atoms with Crippen LogP contribution >= 0.6 is 0 Å². The molecule has 0 saturated carbocycles. The molecule has 3 heteroatoms. The molecule has 58 heavy (non-hydrogen) atoms. The lowest BCUT2D eigenvalue weighted by atomic mass is 9.85. The van der Waals surface area contributed by atoms with Crippen molar-refractivity contribution < 1.29 is 0 Å². The van der Waals surface area contributed by atoms with E-state index in [2.05, 4.69) is 220 Å². The van der Waals surface area contributed by atoms with Gasteiger partial charge in [0.25, 0.3) is 0 Å². The molecule has 0 unspecified atom stereocenters. The standard InChI is InChI=1S/C55H61N3/c1-33(2)56-46-25-19-38(57-48-21-15-34(52(3,4)5)27-40(48)41-28-35(53(6,7)8)16-22-49(41)57)31-44(46)45-32-39(20-26-47(45)56)58-50-23-17-36(54(9,10)11)29-42(50)43-30-37(55(12,13)14)18-24-51(43)58/h15-33H,1-14H3. The number of hydrogen-bond acceptors (Lipinski definition) is 0. The van der Waals surface area contributed by atoms with Crippen LogP contribution in [-0.4, -0.2) is 13.7 Å². The van der Waals surface area contributed by atoms with Crippen molar-refractivity contribution >= 4 is 65.4 Å². The summed E-state index contributed by atoms with van der Waals surface area (Å²) in [6, 6.07) is 43.1. The maximum atomic E-state index is 2.52. The lowest BCUT2D eigenvalue weighted by Crippen LogP contribution is -2.10. The van der Waals surface area contributed by atoms with Gasteiger partial charge in [-0.15, -0.1) is 0 Å². The fourth-order valence-electron chi connectivity index (χ4n) is 9.33.